The highest BCUT2D eigenvalue weighted by Gasteiger charge is 2.15. The average molecular weight is 375 g/mol. The van der Waals surface area contributed by atoms with Gasteiger partial charge < -0.3 is 0 Å². The topological polar surface area (TPSA) is 80.6 Å². The van der Waals surface area contributed by atoms with Gasteiger partial charge in [0.25, 0.3) is 5.56 Å². The Morgan fingerprint density at radius 1 is 1.18 bits per heavy atom. The summed E-state index contributed by atoms with van der Waals surface area (Å²) in [7, 11) is 0. The van der Waals surface area contributed by atoms with E-state index in [1.54, 1.807) is 6.20 Å². The van der Waals surface area contributed by atoms with Gasteiger partial charge in [0.2, 0.25) is 0 Å². The minimum Gasteiger partial charge on any atom is -0.296 e. The van der Waals surface area contributed by atoms with Gasteiger partial charge >= 0.3 is 5.69 Å². The number of rotatable bonds is 1. The molecule has 0 radical (unpaired) electrons. The molecule has 0 atom stereocenters. The maximum absolute atomic E-state index is 12.6. The lowest BCUT2D eigenvalue weighted by Gasteiger charge is -2.07. The molecule has 0 spiro atoms. The van der Waals surface area contributed by atoms with Gasteiger partial charge in [0.1, 0.15) is 4.83 Å². The van der Waals surface area contributed by atoms with E-state index in [2.05, 4.69) is 30.9 Å². The van der Waals surface area contributed by atoms with Crippen LogP contribution in [-0.4, -0.2) is 19.5 Å². The number of nitrogens with one attached hydrogen (secondary N) is 1. The van der Waals surface area contributed by atoms with Gasteiger partial charge in [-0.05, 0) is 15.9 Å². The van der Waals surface area contributed by atoms with Crippen molar-refractivity contribution in [3.63, 3.8) is 0 Å². The van der Waals surface area contributed by atoms with E-state index < -0.39 is 11.2 Å². The SMILES string of the molecule is O=c1[nH]c2sc(Br)nc2c(=O)n1-c1cncc2ccccc12. The zero-order valence-corrected chi connectivity index (χ0v) is 13.3. The molecule has 0 aliphatic carbocycles. The molecule has 0 aliphatic rings. The van der Waals surface area contributed by atoms with Gasteiger partial charge in [-0.3, -0.25) is 14.8 Å². The molecule has 4 aromatic rings. The van der Waals surface area contributed by atoms with E-state index >= 15 is 0 Å². The quantitative estimate of drug-likeness (QED) is 0.554. The predicted molar refractivity (Wildman–Crippen MR) is 88.8 cm³/mol. The number of hydrogen-bond acceptors (Lipinski definition) is 5. The second-order valence-corrected chi connectivity index (χ2v) is 6.87. The lowest BCUT2D eigenvalue weighted by atomic mass is 10.1. The summed E-state index contributed by atoms with van der Waals surface area (Å²) in [4.78, 5) is 36.4. The lowest BCUT2D eigenvalue weighted by molar-refractivity contribution is 0.901. The molecule has 0 saturated carbocycles. The van der Waals surface area contributed by atoms with Crippen molar-refractivity contribution in [3.8, 4) is 5.69 Å². The molecule has 4 rings (SSSR count). The van der Waals surface area contributed by atoms with Crippen molar-refractivity contribution in [2.75, 3.05) is 0 Å². The first-order chi connectivity index (χ1) is 10.6. The van der Waals surface area contributed by atoms with Crippen LogP contribution in [0.1, 0.15) is 0 Å². The Balaban J connectivity index is 2.17. The minimum absolute atomic E-state index is 0.226. The molecular weight excluding hydrogens is 368 g/mol. The van der Waals surface area contributed by atoms with Crippen LogP contribution in [0.2, 0.25) is 0 Å². The van der Waals surface area contributed by atoms with Crippen molar-refractivity contribution in [1.29, 1.82) is 0 Å². The summed E-state index contributed by atoms with van der Waals surface area (Å²) < 4.78 is 1.62. The molecule has 0 bridgehead atoms. The van der Waals surface area contributed by atoms with Crippen molar-refractivity contribution in [3.05, 3.63) is 61.4 Å². The van der Waals surface area contributed by atoms with Crippen LogP contribution in [-0.2, 0) is 0 Å². The van der Waals surface area contributed by atoms with Crippen LogP contribution in [0.5, 0.6) is 0 Å². The smallest absolute Gasteiger partial charge is 0.296 e. The number of aromatic amines is 1. The number of hydrogen-bond donors (Lipinski definition) is 1. The molecule has 108 valence electrons. The van der Waals surface area contributed by atoms with Crippen molar-refractivity contribution in [2.45, 2.75) is 0 Å². The van der Waals surface area contributed by atoms with E-state index in [1.807, 2.05) is 24.3 Å². The molecule has 1 N–H and O–H groups in total. The summed E-state index contributed by atoms with van der Waals surface area (Å²) in [6.07, 6.45) is 3.20. The third kappa shape index (κ3) is 1.92. The highest BCUT2D eigenvalue weighted by atomic mass is 79.9. The Morgan fingerprint density at radius 2 is 2.00 bits per heavy atom. The number of nitrogens with zero attached hydrogens (tertiary/aromatic N) is 3. The molecule has 0 aliphatic heterocycles. The van der Waals surface area contributed by atoms with Crippen LogP contribution in [0.4, 0.5) is 0 Å². The second-order valence-electron chi connectivity index (χ2n) is 4.60. The molecule has 0 unspecified atom stereocenters. The van der Waals surface area contributed by atoms with E-state index in [-0.39, 0.29) is 5.52 Å². The maximum atomic E-state index is 12.6. The van der Waals surface area contributed by atoms with Crippen LogP contribution in [0.15, 0.2) is 50.2 Å². The molecule has 3 aromatic heterocycles. The average Bonchev–Trinajstić information content (AvgIpc) is 2.88. The Morgan fingerprint density at radius 3 is 2.86 bits per heavy atom. The first-order valence-corrected chi connectivity index (χ1v) is 7.90. The zero-order chi connectivity index (χ0) is 15.3. The summed E-state index contributed by atoms with van der Waals surface area (Å²) in [6.45, 7) is 0. The van der Waals surface area contributed by atoms with Gasteiger partial charge in [-0.25, -0.2) is 14.3 Å². The summed E-state index contributed by atoms with van der Waals surface area (Å²) >= 11 is 4.44. The number of benzene rings is 1. The van der Waals surface area contributed by atoms with Gasteiger partial charge in [-0.2, -0.15) is 0 Å². The fraction of sp³-hybridized carbons (Fsp3) is 0. The first kappa shape index (κ1) is 13.4. The highest BCUT2D eigenvalue weighted by molar-refractivity contribution is 9.11. The predicted octanol–water partition coefficient (Wildman–Crippen LogP) is 2.45. The highest BCUT2D eigenvalue weighted by Crippen LogP contribution is 2.22. The van der Waals surface area contributed by atoms with Crippen molar-refractivity contribution >= 4 is 48.4 Å². The fourth-order valence-electron chi connectivity index (χ4n) is 2.37. The third-order valence-electron chi connectivity index (χ3n) is 3.32. The molecule has 1 aromatic carbocycles. The molecule has 22 heavy (non-hydrogen) atoms. The van der Waals surface area contributed by atoms with Gasteiger partial charge in [0.15, 0.2) is 9.43 Å². The normalized spacial score (nSPS) is 11.3. The summed E-state index contributed by atoms with van der Waals surface area (Å²) in [6, 6.07) is 7.45. The van der Waals surface area contributed by atoms with Crippen LogP contribution in [0, 0.1) is 0 Å². The largest absolute Gasteiger partial charge is 0.334 e. The molecule has 6 nitrogen and oxygen atoms in total. The lowest BCUT2D eigenvalue weighted by Crippen LogP contribution is -2.33. The second kappa shape index (κ2) is 4.85. The number of aromatic nitrogens is 4. The van der Waals surface area contributed by atoms with E-state index in [0.29, 0.717) is 14.4 Å². The molecule has 3 heterocycles. The van der Waals surface area contributed by atoms with Crippen LogP contribution in [0.25, 0.3) is 26.8 Å². The van der Waals surface area contributed by atoms with Crippen LogP contribution in [0.3, 0.4) is 0 Å². The monoisotopic (exact) mass is 374 g/mol. The maximum Gasteiger partial charge on any atom is 0.334 e. The Hall–Kier alpha value is -2.32. The molecule has 0 saturated heterocycles. The van der Waals surface area contributed by atoms with Crippen LogP contribution < -0.4 is 11.2 Å². The van der Waals surface area contributed by atoms with E-state index in [1.165, 1.54) is 17.5 Å². The number of fused-ring (bicyclic) bond motifs is 2. The Kier molecular flexibility index (Phi) is 2.95. The zero-order valence-electron chi connectivity index (χ0n) is 10.9. The summed E-state index contributed by atoms with van der Waals surface area (Å²) in [5.74, 6) is 0. The Labute approximate surface area is 135 Å². The Bertz CT molecular complexity index is 1140. The van der Waals surface area contributed by atoms with Gasteiger partial charge in [0, 0.05) is 17.0 Å². The van der Waals surface area contributed by atoms with Crippen molar-refractivity contribution in [1.82, 2.24) is 19.5 Å². The van der Waals surface area contributed by atoms with Gasteiger partial charge in [-0.15, -0.1) is 0 Å². The van der Waals surface area contributed by atoms with E-state index in [9.17, 15) is 9.59 Å². The van der Waals surface area contributed by atoms with Crippen LogP contribution >= 0.6 is 27.3 Å². The molecule has 0 amide bonds. The summed E-state index contributed by atoms with van der Waals surface area (Å²) in [5, 5.41) is 1.63. The number of H-pyrrole nitrogens is 1. The fourth-order valence-corrected chi connectivity index (χ4v) is 3.71. The number of thiazole rings is 1. The third-order valence-corrected chi connectivity index (χ3v) is 4.74. The van der Waals surface area contributed by atoms with E-state index in [4.69, 9.17) is 0 Å². The first-order valence-electron chi connectivity index (χ1n) is 6.29. The standard InChI is InChI=1S/C14H7BrN4O2S/c15-13-17-10-11(22-13)18-14(21)19(12(10)20)9-6-16-5-7-3-1-2-4-8(7)9/h1-6H,(H,18,21). The van der Waals surface area contributed by atoms with Gasteiger partial charge in [-0.1, -0.05) is 35.6 Å². The van der Waals surface area contributed by atoms with Crippen molar-refractivity contribution in [2.24, 2.45) is 0 Å². The molecule has 8 heteroatoms. The number of pyridine rings is 1. The van der Waals surface area contributed by atoms with Gasteiger partial charge in [0.05, 0.1) is 11.9 Å². The number of halogens is 1. The molecular formula is C14H7BrN4O2S. The minimum atomic E-state index is -0.508. The van der Waals surface area contributed by atoms with Crippen molar-refractivity contribution < 1.29 is 0 Å². The summed E-state index contributed by atoms with van der Waals surface area (Å²) in [5.41, 5.74) is -0.301. The molecule has 0 fully saturated rings. The van der Waals surface area contributed by atoms with E-state index in [0.717, 1.165) is 15.3 Å².